The summed E-state index contributed by atoms with van der Waals surface area (Å²) >= 11 is 0. The van der Waals surface area contributed by atoms with Crippen molar-refractivity contribution >= 4 is 0 Å². The van der Waals surface area contributed by atoms with Crippen molar-refractivity contribution in [1.82, 2.24) is 0 Å². The Kier molecular flexibility index (Phi) is 5.10. The lowest BCUT2D eigenvalue weighted by molar-refractivity contribution is -0.101. The molecule has 0 heterocycles. The Morgan fingerprint density at radius 3 is 2.33 bits per heavy atom. The van der Waals surface area contributed by atoms with E-state index in [1.54, 1.807) is 0 Å². The van der Waals surface area contributed by atoms with Crippen LogP contribution in [-0.4, -0.2) is 11.2 Å². The van der Waals surface area contributed by atoms with Gasteiger partial charge < -0.3 is 5.11 Å². The number of fused-ring (bicyclic) bond motifs is 2. The first-order chi connectivity index (χ1) is 14.2. The second kappa shape index (κ2) is 7.10. The van der Waals surface area contributed by atoms with Crippen LogP contribution >= 0.6 is 0 Å². The monoisotopic (exact) mass is 412 g/mol. The zero-order chi connectivity index (χ0) is 21.5. The van der Waals surface area contributed by atoms with Crippen LogP contribution in [0.4, 0.5) is 0 Å². The molecule has 1 heteroatoms. The van der Waals surface area contributed by atoms with Crippen molar-refractivity contribution in [3.05, 3.63) is 12.2 Å². The second-order valence-electron chi connectivity index (χ2n) is 13.4. The van der Waals surface area contributed by atoms with E-state index in [1.807, 2.05) is 0 Å². The fourth-order valence-electron chi connectivity index (χ4n) is 10.4. The first kappa shape index (κ1) is 21.5. The molecule has 170 valence electrons. The van der Waals surface area contributed by atoms with Crippen LogP contribution in [0.2, 0.25) is 0 Å². The van der Waals surface area contributed by atoms with Gasteiger partial charge in [0.15, 0.2) is 0 Å². The highest BCUT2D eigenvalue weighted by molar-refractivity contribution is 5.27. The number of allylic oxidation sites excluding steroid dienone is 1. The molecule has 2 spiro atoms. The van der Waals surface area contributed by atoms with Crippen molar-refractivity contribution in [2.75, 3.05) is 0 Å². The maximum atomic E-state index is 10.5. The molecule has 5 saturated carbocycles. The molecule has 5 rings (SSSR count). The lowest BCUT2D eigenvalue weighted by atomic mass is 9.48. The van der Waals surface area contributed by atoms with Gasteiger partial charge in [0.1, 0.15) is 0 Å². The van der Waals surface area contributed by atoms with Crippen LogP contribution in [0.25, 0.3) is 0 Å². The molecular weight excluding hydrogens is 364 g/mol. The number of hydrogen-bond acceptors (Lipinski definition) is 1. The predicted octanol–water partition coefficient (Wildman–Crippen LogP) is 7.63. The highest BCUT2D eigenvalue weighted by atomic mass is 16.3. The summed E-state index contributed by atoms with van der Waals surface area (Å²) in [5.41, 5.74) is 3.36. The molecular formula is C29H48O. The summed E-state index contributed by atoms with van der Waals surface area (Å²) in [6.07, 6.45) is 15.3. The van der Waals surface area contributed by atoms with Gasteiger partial charge in [-0.3, -0.25) is 0 Å². The number of rotatable bonds is 5. The van der Waals surface area contributed by atoms with E-state index < -0.39 is 0 Å². The molecule has 5 aliphatic carbocycles. The lowest BCUT2D eigenvalue weighted by Crippen LogP contribution is -2.51. The summed E-state index contributed by atoms with van der Waals surface area (Å²) < 4.78 is 0. The normalized spacial score (nSPS) is 52.8. The van der Waals surface area contributed by atoms with Gasteiger partial charge in [0.2, 0.25) is 0 Å². The highest BCUT2D eigenvalue weighted by Gasteiger charge is 2.78. The molecule has 0 aromatic rings. The number of aliphatic hydroxyl groups excluding tert-OH is 1. The Morgan fingerprint density at radius 1 is 0.933 bits per heavy atom. The lowest BCUT2D eigenvalue weighted by Gasteiger charge is -2.57. The van der Waals surface area contributed by atoms with E-state index in [0.717, 1.165) is 36.0 Å². The molecule has 10 atom stereocenters. The first-order valence-electron chi connectivity index (χ1n) is 13.5. The average molecular weight is 413 g/mol. The van der Waals surface area contributed by atoms with Crippen molar-refractivity contribution in [1.29, 1.82) is 0 Å². The average Bonchev–Trinajstić information content (AvgIpc) is 3.25. The van der Waals surface area contributed by atoms with Crippen LogP contribution in [0.5, 0.6) is 0 Å². The van der Waals surface area contributed by atoms with Gasteiger partial charge in [-0.05, 0) is 128 Å². The third-order valence-corrected chi connectivity index (χ3v) is 12.3. The molecule has 0 aromatic carbocycles. The number of aliphatic hydroxyl groups is 1. The van der Waals surface area contributed by atoms with Crippen molar-refractivity contribution in [2.45, 2.75) is 111 Å². The number of hydrogen-bond donors (Lipinski definition) is 1. The highest BCUT2D eigenvalue weighted by Crippen LogP contribution is 2.86. The summed E-state index contributed by atoms with van der Waals surface area (Å²) in [5, 5.41) is 10.5. The Bertz CT molecular complexity index is 694. The largest absolute Gasteiger partial charge is 0.393 e. The van der Waals surface area contributed by atoms with Gasteiger partial charge in [0.05, 0.1) is 6.10 Å². The minimum atomic E-state index is -0.0269. The second-order valence-corrected chi connectivity index (χ2v) is 13.4. The van der Waals surface area contributed by atoms with Crippen molar-refractivity contribution in [2.24, 2.45) is 57.7 Å². The molecule has 5 aliphatic rings. The summed E-state index contributed by atoms with van der Waals surface area (Å²) in [4.78, 5) is 0. The van der Waals surface area contributed by atoms with Gasteiger partial charge in [0, 0.05) is 0 Å². The Labute approximate surface area is 186 Å². The van der Waals surface area contributed by atoms with Crippen LogP contribution in [-0.2, 0) is 0 Å². The van der Waals surface area contributed by atoms with Gasteiger partial charge in [-0.1, -0.05) is 46.8 Å². The van der Waals surface area contributed by atoms with Gasteiger partial charge in [-0.15, -0.1) is 0 Å². The standard InChI is InChI=1S/C29H48O/c1-18(2)19(3)7-8-20(4)22-9-11-24-25-12-10-23-21(5)26(30)13-14-28(23)17-29(25,28)16-15-27(22,24)6/h18,20-26,30H,3,7-17H2,1-2,4-6H3/t20-,21+,22-,23+,24-,25-,26+,27-,28-,29+/m1/s1. The van der Waals surface area contributed by atoms with E-state index in [1.165, 1.54) is 69.8 Å². The molecule has 0 aromatic heterocycles. The molecule has 0 unspecified atom stereocenters. The summed E-state index contributed by atoms with van der Waals surface area (Å²) in [7, 11) is 0. The fraction of sp³-hybridized carbons (Fsp3) is 0.931. The summed E-state index contributed by atoms with van der Waals surface area (Å²) in [5.74, 6) is 5.75. The SMILES string of the molecule is C=C(CC[C@@H](C)[C@H]1CC[C@@H]2[C@H]3CC[C@H]4[C@H](C)[C@@H](O)CC[C@@]45C[C@@]35CC[C@]12C)C(C)C. The van der Waals surface area contributed by atoms with Gasteiger partial charge in [-0.25, -0.2) is 0 Å². The maximum absolute atomic E-state index is 10.5. The van der Waals surface area contributed by atoms with E-state index in [0.29, 0.717) is 28.1 Å². The van der Waals surface area contributed by atoms with Gasteiger partial charge in [0.25, 0.3) is 0 Å². The quantitative estimate of drug-likeness (QED) is 0.460. The molecule has 0 bridgehead atoms. The van der Waals surface area contributed by atoms with Gasteiger partial charge in [-0.2, -0.15) is 0 Å². The zero-order valence-corrected chi connectivity index (χ0v) is 20.6. The molecule has 0 aliphatic heterocycles. The van der Waals surface area contributed by atoms with Crippen LogP contribution in [0.15, 0.2) is 12.2 Å². The van der Waals surface area contributed by atoms with Crippen LogP contribution in [0.3, 0.4) is 0 Å². The van der Waals surface area contributed by atoms with E-state index in [-0.39, 0.29) is 6.10 Å². The Balaban J connectivity index is 1.32. The topological polar surface area (TPSA) is 20.2 Å². The minimum absolute atomic E-state index is 0.0269. The van der Waals surface area contributed by atoms with E-state index in [9.17, 15) is 5.11 Å². The van der Waals surface area contributed by atoms with Crippen molar-refractivity contribution < 1.29 is 5.11 Å². The van der Waals surface area contributed by atoms with E-state index >= 15 is 0 Å². The third-order valence-electron chi connectivity index (χ3n) is 12.3. The van der Waals surface area contributed by atoms with E-state index in [4.69, 9.17) is 0 Å². The van der Waals surface area contributed by atoms with Crippen LogP contribution in [0.1, 0.15) is 105 Å². The fourth-order valence-corrected chi connectivity index (χ4v) is 10.4. The first-order valence-corrected chi connectivity index (χ1v) is 13.5. The molecule has 0 radical (unpaired) electrons. The van der Waals surface area contributed by atoms with Crippen LogP contribution < -0.4 is 0 Å². The molecule has 0 saturated heterocycles. The van der Waals surface area contributed by atoms with Crippen molar-refractivity contribution in [3.8, 4) is 0 Å². The zero-order valence-electron chi connectivity index (χ0n) is 20.6. The van der Waals surface area contributed by atoms with Gasteiger partial charge >= 0.3 is 0 Å². The molecule has 0 amide bonds. The minimum Gasteiger partial charge on any atom is -0.393 e. The molecule has 5 fully saturated rings. The smallest absolute Gasteiger partial charge is 0.0568 e. The summed E-state index contributed by atoms with van der Waals surface area (Å²) in [6.45, 7) is 16.6. The Morgan fingerprint density at radius 2 is 1.60 bits per heavy atom. The summed E-state index contributed by atoms with van der Waals surface area (Å²) in [6, 6.07) is 0. The molecule has 1 nitrogen and oxygen atoms in total. The predicted molar refractivity (Wildman–Crippen MR) is 126 cm³/mol. The van der Waals surface area contributed by atoms with Crippen molar-refractivity contribution in [3.63, 3.8) is 0 Å². The maximum Gasteiger partial charge on any atom is 0.0568 e. The molecule has 30 heavy (non-hydrogen) atoms. The Hall–Kier alpha value is -0.300. The van der Waals surface area contributed by atoms with Crippen LogP contribution in [0, 0.1) is 57.7 Å². The molecule has 1 N–H and O–H groups in total. The van der Waals surface area contributed by atoms with E-state index in [2.05, 4.69) is 41.2 Å². The third kappa shape index (κ3) is 2.75.